The number of hydrogen-bond donors (Lipinski definition) is 0. The standard InChI is InChI=1S/C19H14Cl3NO3/c1-10(2)26-15-5-3-11(4-6-15)16-17(22)19(25)23(18(16)24)14-8-12(20)7-13(21)9-14/h3-10H,1-2H3. The number of halogens is 3. The van der Waals surface area contributed by atoms with Gasteiger partial charge in [-0.2, -0.15) is 0 Å². The molecular weight excluding hydrogens is 397 g/mol. The molecule has 4 nitrogen and oxygen atoms in total. The van der Waals surface area contributed by atoms with Crippen molar-refractivity contribution in [3.8, 4) is 5.75 Å². The molecular formula is C19H14Cl3NO3. The topological polar surface area (TPSA) is 46.6 Å². The lowest BCUT2D eigenvalue weighted by molar-refractivity contribution is -0.119. The fraction of sp³-hybridized carbons (Fsp3) is 0.158. The Labute approximate surface area is 165 Å². The van der Waals surface area contributed by atoms with Crippen molar-refractivity contribution in [2.24, 2.45) is 0 Å². The number of hydrogen-bond acceptors (Lipinski definition) is 3. The highest BCUT2D eigenvalue weighted by Gasteiger charge is 2.39. The van der Waals surface area contributed by atoms with Gasteiger partial charge in [0.1, 0.15) is 10.8 Å². The lowest BCUT2D eigenvalue weighted by atomic mass is 10.1. The Hall–Kier alpha value is -2.01. The van der Waals surface area contributed by atoms with Crippen LogP contribution >= 0.6 is 34.8 Å². The molecule has 0 saturated heterocycles. The van der Waals surface area contributed by atoms with Crippen LogP contribution in [0.15, 0.2) is 47.5 Å². The summed E-state index contributed by atoms with van der Waals surface area (Å²) < 4.78 is 5.58. The van der Waals surface area contributed by atoms with Crippen LogP contribution in [0.1, 0.15) is 19.4 Å². The Balaban J connectivity index is 1.96. The smallest absolute Gasteiger partial charge is 0.277 e. The molecule has 0 atom stereocenters. The molecule has 0 unspecified atom stereocenters. The first-order valence-electron chi connectivity index (χ1n) is 7.79. The number of ether oxygens (including phenoxy) is 1. The van der Waals surface area contributed by atoms with Crippen LogP contribution in [0.5, 0.6) is 5.75 Å². The molecule has 3 rings (SSSR count). The quantitative estimate of drug-likeness (QED) is 0.642. The Morgan fingerprint density at radius 1 is 0.885 bits per heavy atom. The van der Waals surface area contributed by atoms with E-state index >= 15 is 0 Å². The van der Waals surface area contributed by atoms with E-state index in [1.54, 1.807) is 24.3 Å². The molecule has 0 aromatic heterocycles. The zero-order valence-corrected chi connectivity index (χ0v) is 16.2. The van der Waals surface area contributed by atoms with Gasteiger partial charge in [-0.1, -0.05) is 46.9 Å². The Morgan fingerprint density at radius 3 is 2.00 bits per heavy atom. The zero-order chi connectivity index (χ0) is 19.0. The van der Waals surface area contributed by atoms with Gasteiger partial charge in [0.25, 0.3) is 11.8 Å². The monoisotopic (exact) mass is 409 g/mol. The highest BCUT2D eigenvalue weighted by Crippen LogP contribution is 2.37. The molecule has 0 N–H and O–H groups in total. The molecule has 0 radical (unpaired) electrons. The summed E-state index contributed by atoms with van der Waals surface area (Å²) in [4.78, 5) is 26.4. The average Bonchev–Trinajstić information content (AvgIpc) is 2.76. The highest BCUT2D eigenvalue weighted by molar-refractivity contribution is 6.60. The summed E-state index contributed by atoms with van der Waals surface area (Å²) in [7, 11) is 0. The van der Waals surface area contributed by atoms with E-state index in [4.69, 9.17) is 39.5 Å². The first kappa shape index (κ1) is 18.8. The third-order valence-corrected chi connectivity index (χ3v) is 4.43. The van der Waals surface area contributed by atoms with Crippen molar-refractivity contribution in [2.75, 3.05) is 4.90 Å². The van der Waals surface area contributed by atoms with Crippen molar-refractivity contribution in [1.29, 1.82) is 0 Å². The van der Waals surface area contributed by atoms with Crippen LogP contribution in [0.4, 0.5) is 5.69 Å². The first-order chi connectivity index (χ1) is 12.3. The van der Waals surface area contributed by atoms with E-state index in [1.165, 1.54) is 18.2 Å². The second-order valence-electron chi connectivity index (χ2n) is 5.95. The van der Waals surface area contributed by atoms with Gasteiger partial charge in [-0.3, -0.25) is 9.59 Å². The Bertz CT molecular complexity index is 900. The van der Waals surface area contributed by atoms with Crippen LogP contribution in [0.25, 0.3) is 5.57 Å². The van der Waals surface area contributed by atoms with Gasteiger partial charge >= 0.3 is 0 Å². The van der Waals surface area contributed by atoms with Crippen LogP contribution in [0, 0.1) is 0 Å². The van der Waals surface area contributed by atoms with E-state index in [0.717, 1.165) is 4.90 Å². The molecule has 1 aliphatic rings. The third kappa shape index (κ3) is 3.58. The summed E-state index contributed by atoms with van der Waals surface area (Å²) >= 11 is 18.1. The van der Waals surface area contributed by atoms with Gasteiger partial charge in [0.05, 0.1) is 17.4 Å². The SMILES string of the molecule is CC(C)Oc1ccc(C2=C(Cl)C(=O)N(c3cc(Cl)cc(Cl)c3)C2=O)cc1. The Morgan fingerprint density at radius 2 is 1.46 bits per heavy atom. The van der Waals surface area contributed by atoms with Crippen LogP contribution < -0.4 is 9.64 Å². The number of carbonyl (C=O) groups excluding carboxylic acids is 2. The maximum atomic E-state index is 12.9. The predicted octanol–water partition coefficient (Wildman–Crippen LogP) is 5.30. The van der Waals surface area contributed by atoms with Gasteiger partial charge < -0.3 is 4.74 Å². The summed E-state index contributed by atoms with van der Waals surface area (Å²) in [5, 5.41) is 0.476. The molecule has 0 bridgehead atoms. The summed E-state index contributed by atoms with van der Waals surface area (Å²) in [6, 6.07) is 11.3. The van der Waals surface area contributed by atoms with Crippen LogP contribution in [0.2, 0.25) is 10.0 Å². The third-order valence-electron chi connectivity index (χ3n) is 3.65. The first-order valence-corrected chi connectivity index (χ1v) is 8.93. The van der Waals surface area contributed by atoms with Crippen molar-refractivity contribution in [3.05, 3.63) is 63.1 Å². The van der Waals surface area contributed by atoms with E-state index in [1.807, 2.05) is 13.8 Å². The molecule has 7 heteroatoms. The van der Waals surface area contributed by atoms with Crippen molar-refractivity contribution in [3.63, 3.8) is 0 Å². The lowest BCUT2D eigenvalue weighted by Gasteiger charge is -2.15. The summed E-state index contributed by atoms with van der Waals surface area (Å²) in [6.45, 7) is 3.83. The van der Waals surface area contributed by atoms with E-state index in [2.05, 4.69) is 0 Å². The van der Waals surface area contributed by atoms with Crippen molar-refractivity contribution in [2.45, 2.75) is 20.0 Å². The largest absolute Gasteiger partial charge is 0.491 e. The van der Waals surface area contributed by atoms with E-state index in [9.17, 15) is 9.59 Å². The second kappa shape index (κ2) is 7.31. The normalized spacial score (nSPS) is 14.6. The van der Waals surface area contributed by atoms with Gasteiger partial charge in [-0.05, 0) is 49.7 Å². The second-order valence-corrected chi connectivity index (χ2v) is 7.20. The van der Waals surface area contributed by atoms with Crippen LogP contribution in [0.3, 0.4) is 0 Å². The summed E-state index contributed by atoms with van der Waals surface area (Å²) in [6.07, 6.45) is 0.0291. The van der Waals surface area contributed by atoms with Gasteiger partial charge in [-0.25, -0.2) is 4.90 Å². The van der Waals surface area contributed by atoms with Gasteiger partial charge in [-0.15, -0.1) is 0 Å². The van der Waals surface area contributed by atoms with Crippen LogP contribution in [-0.4, -0.2) is 17.9 Å². The van der Waals surface area contributed by atoms with E-state index < -0.39 is 11.8 Å². The molecule has 2 amide bonds. The number of carbonyl (C=O) groups is 2. The molecule has 26 heavy (non-hydrogen) atoms. The predicted molar refractivity (Wildman–Crippen MR) is 104 cm³/mol. The molecule has 1 heterocycles. The molecule has 0 spiro atoms. The highest BCUT2D eigenvalue weighted by atomic mass is 35.5. The zero-order valence-electron chi connectivity index (χ0n) is 13.9. The Kier molecular flexibility index (Phi) is 5.28. The minimum absolute atomic E-state index is 0.0291. The minimum Gasteiger partial charge on any atom is -0.491 e. The fourth-order valence-corrected chi connectivity index (χ4v) is 3.42. The van der Waals surface area contributed by atoms with Crippen molar-refractivity contribution in [1.82, 2.24) is 0 Å². The van der Waals surface area contributed by atoms with Crippen LogP contribution in [-0.2, 0) is 9.59 Å². The van der Waals surface area contributed by atoms with Gasteiger partial charge in [0.2, 0.25) is 0 Å². The number of rotatable bonds is 4. The number of nitrogens with zero attached hydrogens (tertiary/aromatic N) is 1. The molecule has 134 valence electrons. The number of imide groups is 1. The van der Waals surface area contributed by atoms with Crippen molar-refractivity contribution >= 4 is 57.9 Å². The molecule has 0 fully saturated rings. The van der Waals surface area contributed by atoms with Gasteiger partial charge in [0.15, 0.2) is 0 Å². The number of benzene rings is 2. The maximum Gasteiger partial charge on any atom is 0.277 e. The van der Waals surface area contributed by atoms with Gasteiger partial charge in [0, 0.05) is 10.0 Å². The lowest BCUT2D eigenvalue weighted by Crippen LogP contribution is -2.31. The van der Waals surface area contributed by atoms with E-state index in [-0.39, 0.29) is 22.4 Å². The average molecular weight is 411 g/mol. The molecule has 2 aromatic rings. The molecule has 0 aliphatic carbocycles. The van der Waals surface area contributed by atoms with E-state index in [0.29, 0.717) is 21.4 Å². The van der Waals surface area contributed by atoms with Crippen molar-refractivity contribution < 1.29 is 14.3 Å². The molecule has 2 aromatic carbocycles. The number of anilines is 1. The number of amides is 2. The molecule has 0 saturated carbocycles. The fourth-order valence-electron chi connectivity index (χ4n) is 2.63. The summed E-state index contributed by atoms with van der Waals surface area (Å²) in [5.74, 6) is -0.487. The summed E-state index contributed by atoms with van der Waals surface area (Å²) in [5.41, 5.74) is 0.925. The molecule has 1 aliphatic heterocycles. The maximum absolute atomic E-state index is 12.9. The minimum atomic E-state index is -0.618.